The first-order valence-corrected chi connectivity index (χ1v) is 11.6. The zero-order valence-corrected chi connectivity index (χ0v) is 18.2. The predicted octanol–water partition coefficient (Wildman–Crippen LogP) is 1.61. The van der Waals surface area contributed by atoms with Crippen molar-refractivity contribution in [1.82, 2.24) is 20.4 Å². The fraction of sp³-hybridized carbons (Fsp3) is 0.609. The lowest BCUT2D eigenvalue weighted by Crippen LogP contribution is -2.51. The molecule has 3 saturated heterocycles. The van der Waals surface area contributed by atoms with Crippen LogP contribution in [0, 0.1) is 5.92 Å². The molecule has 172 valence electrons. The number of benzene rings is 1. The van der Waals surface area contributed by atoms with Crippen molar-refractivity contribution in [3.8, 4) is 11.5 Å². The molecule has 0 saturated carbocycles. The topological polar surface area (TPSA) is 100 Å². The Bertz CT molecular complexity index is 904. The Morgan fingerprint density at radius 1 is 1.09 bits per heavy atom. The molecule has 1 aromatic carbocycles. The van der Waals surface area contributed by atoms with Crippen molar-refractivity contribution in [2.24, 2.45) is 5.92 Å². The molecule has 0 aliphatic carbocycles. The van der Waals surface area contributed by atoms with Gasteiger partial charge in [-0.2, -0.15) is 0 Å². The monoisotopic (exact) mass is 442 g/mol. The number of hydrogen-bond donors (Lipinski definition) is 2. The van der Waals surface area contributed by atoms with E-state index >= 15 is 0 Å². The van der Waals surface area contributed by atoms with Crippen LogP contribution in [0.3, 0.4) is 0 Å². The third-order valence-electron chi connectivity index (χ3n) is 7.06. The van der Waals surface area contributed by atoms with Gasteiger partial charge in [0.25, 0.3) is 5.91 Å². The smallest absolute Gasteiger partial charge is 0.325 e. The maximum Gasteiger partial charge on any atom is 0.325 e. The lowest BCUT2D eigenvalue weighted by molar-refractivity contribution is -0.131. The van der Waals surface area contributed by atoms with E-state index in [1.165, 1.54) is 25.7 Å². The van der Waals surface area contributed by atoms with E-state index in [-0.39, 0.29) is 31.6 Å². The number of nitrogens with zero attached hydrogens (tertiary/aromatic N) is 2. The van der Waals surface area contributed by atoms with Crippen LogP contribution in [0.15, 0.2) is 18.2 Å². The molecule has 0 spiro atoms. The van der Waals surface area contributed by atoms with E-state index in [4.69, 9.17) is 9.47 Å². The summed E-state index contributed by atoms with van der Waals surface area (Å²) in [5, 5.41) is 5.68. The Balaban J connectivity index is 1.13. The molecule has 3 atom stereocenters. The largest absolute Gasteiger partial charge is 0.454 e. The second-order valence-electron chi connectivity index (χ2n) is 9.12. The maximum absolute atomic E-state index is 12.8. The third kappa shape index (κ3) is 4.26. The molecule has 4 aliphatic heterocycles. The zero-order valence-electron chi connectivity index (χ0n) is 18.2. The second kappa shape index (κ2) is 8.97. The first-order valence-electron chi connectivity index (χ1n) is 11.6. The van der Waals surface area contributed by atoms with Gasteiger partial charge in [0.1, 0.15) is 6.04 Å². The minimum Gasteiger partial charge on any atom is -0.454 e. The van der Waals surface area contributed by atoms with E-state index in [2.05, 4.69) is 15.5 Å². The number of hydrogen-bond acceptors (Lipinski definition) is 6. The number of imide groups is 1. The van der Waals surface area contributed by atoms with Crippen molar-refractivity contribution in [2.75, 3.05) is 26.4 Å². The molecule has 4 amide bonds. The van der Waals surface area contributed by atoms with Crippen LogP contribution in [0.5, 0.6) is 11.5 Å². The average Bonchev–Trinajstić information content (AvgIpc) is 3.37. The van der Waals surface area contributed by atoms with Crippen molar-refractivity contribution in [2.45, 2.75) is 57.2 Å². The van der Waals surface area contributed by atoms with Crippen molar-refractivity contribution in [3.63, 3.8) is 0 Å². The summed E-state index contributed by atoms with van der Waals surface area (Å²) in [6.45, 7) is 3.25. The Labute approximate surface area is 187 Å². The van der Waals surface area contributed by atoms with Gasteiger partial charge in [-0.1, -0.05) is 12.5 Å². The van der Waals surface area contributed by atoms with Crippen LogP contribution < -0.4 is 20.1 Å². The normalized spacial score (nSPS) is 27.2. The van der Waals surface area contributed by atoms with Crippen LogP contribution in [0.4, 0.5) is 4.79 Å². The van der Waals surface area contributed by atoms with Gasteiger partial charge in [-0.15, -0.1) is 0 Å². The van der Waals surface area contributed by atoms with Crippen LogP contribution in [0.25, 0.3) is 0 Å². The number of carbonyl (C=O) groups excluding carboxylic acids is 3. The minimum atomic E-state index is -0.825. The lowest BCUT2D eigenvalue weighted by Gasteiger charge is -2.44. The van der Waals surface area contributed by atoms with E-state index in [0.717, 1.165) is 30.0 Å². The molecular weight excluding hydrogens is 412 g/mol. The highest BCUT2D eigenvalue weighted by Crippen LogP contribution is 2.33. The number of ether oxygens (including phenoxy) is 2. The summed E-state index contributed by atoms with van der Waals surface area (Å²) in [6, 6.07) is 4.58. The molecule has 1 aromatic rings. The van der Waals surface area contributed by atoms with E-state index in [0.29, 0.717) is 30.0 Å². The molecule has 4 heterocycles. The Morgan fingerprint density at radius 2 is 1.94 bits per heavy atom. The summed E-state index contributed by atoms with van der Waals surface area (Å²) >= 11 is 0. The molecule has 2 N–H and O–H groups in total. The highest BCUT2D eigenvalue weighted by atomic mass is 16.7. The standard InChI is InChI=1S/C23H30N4O5/c28-21(24-12-16-4-3-9-26-8-2-1-5-18(16)26)11-17-22(29)27(23(30)25-17)13-15-6-7-19-20(10-15)32-14-31-19/h6-7,10,16-18H,1-5,8-9,11-14H2,(H,24,28)(H,25,30)/t16-,17-,18-/m0/s1. The van der Waals surface area contributed by atoms with Gasteiger partial charge < -0.3 is 25.0 Å². The fourth-order valence-corrected chi connectivity index (χ4v) is 5.40. The van der Waals surface area contributed by atoms with Gasteiger partial charge in [-0.3, -0.25) is 14.5 Å². The zero-order chi connectivity index (χ0) is 22.1. The van der Waals surface area contributed by atoms with Gasteiger partial charge in [0.15, 0.2) is 11.5 Å². The summed E-state index contributed by atoms with van der Waals surface area (Å²) < 4.78 is 10.7. The summed E-state index contributed by atoms with van der Waals surface area (Å²) in [7, 11) is 0. The molecular formula is C23H30N4O5. The average molecular weight is 443 g/mol. The minimum absolute atomic E-state index is 0.0384. The summed E-state index contributed by atoms with van der Waals surface area (Å²) in [4.78, 5) is 41.4. The van der Waals surface area contributed by atoms with Crippen molar-refractivity contribution < 1.29 is 23.9 Å². The number of rotatable bonds is 6. The quantitative estimate of drug-likeness (QED) is 0.650. The van der Waals surface area contributed by atoms with E-state index in [9.17, 15) is 14.4 Å². The van der Waals surface area contributed by atoms with Gasteiger partial charge in [-0.05, 0) is 62.4 Å². The number of piperidine rings is 2. The number of fused-ring (bicyclic) bond motifs is 2. The molecule has 9 nitrogen and oxygen atoms in total. The van der Waals surface area contributed by atoms with Crippen LogP contribution in [-0.4, -0.2) is 66.2 Å². The molecule has 0 unspecified atom stereocenters. The van der Waals surface area contributed by atoms with Crippen LogP contribution >= 0.6 is 0 Å². The van der Waals surface area contributed by atoms with Crippen LogP contribution in [0.2, 0.25) is 0 Å². The summed E-state index contributed by atoms with van der Waals surface area (Å²) in [5.74, 6) is 1.14. The number of amides is 4. The fourth-order valence-electron chi connectivity index (χ4n) is 5.40. The van der Waals surface area contributed by atoms with Crippen LogP contribution in [-0.2, 0) is 16.1 Å². The predicted molar refractivity (Wildman–Crippen MR) is 115 cm³/mol. The van der Waals surface area contributed by atoms with Crippen molar-refractivity contribution >= 4 is 17.8 Å². The molecule has 3 fully saturated rings. The van der Waals surface area contributed by atoms with Gasteiger partial charge in [-0.25, -0.2) is 4.79 Å². The Kier molecular flexibility index (Phi) is 5.91. The molecule has 9 heteroatoms. The number of nitrogens with one attached hydrogen (secondary N) is 2. The Morgan fingerprint density at radius 3 is 2.84 bits per heavy atom. The lowest BCUT2D eigenvalue weighted by atomic mass is 9.83. The summed E-state index contributed by atoms with van der Waals surface area (Å²) in [5.41, 5.74) is 0.761. The molecule has 0 aromatic heterocycles. The third-order valence-corrected chi connectivity index (χ3v) is 7.06. The molecule has 0 bridgehead atoms. The molecule has 4 aliphatic rings. The van der Waals surface area contributed by atoms with Crippen LogP contribution in [0.1, 0.15) is 44.1 Å². The molecule has 32 heavy (non-hydrogen) atoms. The van der Waals surface area contributed by atoms with Gasteiger partial charge in [0.05, 0.1) is 13.0 Å². The van der Waals surface area contributed by atoms with E-state index in [1.807, 2.05) is 0 Å². The second-order valence-corrected chi connectivity index (χ2v) is 9.12. The first-order chi connectivity index (χ1) is 15.6. The van der Waals surface area contributed by atoms with E-state index in [1.54, 1.807) is 18.2 Å². The SMILES string of the molecule is O=C(C[C@@H]1NC(=O)N(Cc2ccc3c(c2)OCO3)C1=O)NC[C@@H]1CCCN2CCCC[C@@H]12. The van der Waals surface area contributed by atoms with Crippen molar-refractivity contribution in [3.05, 3.63) is 23.8 Å². The molecule has 0 radical (unpaired) electrons. The van der Waals surface area contributed by atoms with Gasteiger partial charge in [0, 0.05) is 12.6 Å². The van der Waals surface area contributed by atoms with Crippen molar-refractivity contribution in [1.29, 1.82) is 0 Å². The van der Waals surface area contributed by atoms with E-state index < -0.39 is 12.1 Å². The maximum atomic E-state index is 12.8. The molecule has 5 rings (SSSR count). The van der Waals surface area contributed by atoms with Gasteiger partial charge >= 0.3 is 6.03 Å². The van der Waals surface area contributed by atoms with Gasteiger partial charge in [0.2, 0.25) is 12.7 Å². The number of urea groups is 1. The first kappa shape index (κ1) is 21.1. The number of carbonyl (C=O) groups is 3. The summed E-state index contributed by atoms with van der Waals surface area (Å²) in [6.07, 6.45) is 5.98. The Hall–Kier alpha value is -2.81. The highest BCUT2D eigenvalue weighted by Gasteiger charge is 2.39. The highest BCUT2D eigenvalue weighted by molar-refractivity contribution is 6.05.